The van der Waals surface area contributed by atoms with E-state index in [0.29, 0.717) is 36.7 Å². The zero-order chi connectivity index (χ0) is 55.0. The Morgan fingerprint density at radius 3 is 2.19 bits per heavy atom. The van der Waals surface area contributed by atoms with Crippen LogP contribution in [0.2, 0.25) is 0 Å². The molecule has 3 aromatic rings. The second-order valence-corrected chi connectivity index (χ2v) is 27.3. The Balaban J connectivity index is 0.939. The van der Waals surface area contributed by atoms with Gasteiger partial charge in [0.2, 0.25) is 15.9 Å². The van der Waals surface area contributed by atoms with Crippen LogP contribution in [-0.2, 0) is 37.8 Å². The van der Waals surface area contributed by atoms with Crippen molar-refractivity contribution in [1.29, 1.82) is 0 Å². The number of carbonyl (C=O) groups is 1. The molecule has 0 radical (unpaired) electrons. The summed E-state index contributed by atoms with van der Waals surface area (Å²) in [6.45, 7) is 28.8. The van der Waals surface area contributed by atoms with Crippen molar-refractivity contribution in [1.82, 2.24) is 0 Å². The number of hydrogen-bond acceptors (Lipinski definition) is 9. The first-order valence-electron chi connectivity index (χ1n) is 29.4. The summed E-state index contributed by atoms with van der Waals surface area (Å²) >= 11 is 0. The highest BCUT2D eigenvalue weighted by Crippen LogP contribution is 2.66. The Labute approximate surface area is 462 Å². The molecule has 0 N–H and O–H groups in total. The zero-order valence-electron chi connectivity index (χ0n) is 48.9. The van der Waals surface area contributed by atoms with E-state index in [-0.39, 0.29) is 54.6 Å². The molecule has 0 aromatic heterocycles. The Kier molecular flexibility index (Phi) is 15.4. The molecular formula is C65H89N3O8S. The van der Waals surface area contributed by atoms with Crippen LogP contribution in [0.3, 0.4) is 0 Å². The first-order chi connectivity index (χ1) is 36.7. The summed E-state index contributed by atoms with van der Waals surface area (Å²) in [5.74, 6) is 11.9. The van der Waals surface area contributed by atoms with Crippen molar-refractivity contribution < 1.29 is 36.9 Å². The van der Waals surface area contributed by atoms with Crippen LogP contribution >= 0.6 is 0 Å². The van der Waals surface area contributed by atoms with E-state index < -0.39 is 21.5 Å². The molecule has 77 heavy (non-hydrogen) atoms. The lowest BCUT2D eigenvalue weighted by molar-refractivity contribution is -0.131. The van der Waals surface area contributed by atoms with E-state index in [1.165, 1.54) is 63.2 Å². The van der Waals surface area contributed by atoms with Crippen LogP contribution in [0.4, 0.5) is 17.1 Å². The summed E-state index contributed by atoms with van der Waals surface area (Å²) in [5, 5.41) is 0. The van der Waals surface area contributed by atoms with E-state index in [2.05, 4.69) is 96.1 Å². The van der Waals surface area contributed by atoms with Gasteiger partial charge < -0.3 is 33.5 Å². The summed E-state index contributed by atoms with van der Waals surface area (Å²) < 4.78 is 61.7. The standard InChI is InChI=1S/C65H89N3O8S/c1-15-19-46-43(8)51(34-52-48(46)26-30-67(52)77(14,70)71)66-31-29-65-50-33-54(72-12)55(73-13)35-53(50)68-59(69)36-56-60(63(65)68)49(32-58(65)66)44(9)57(37-74-56)75-61-41(6)42(7)62-47(45(61)10)25-28-64(11,76-62)27-18-24-40(5)23-17-22-39(4)21-16-20-38(2)3/h33-35,38-40,49,56-58,60,63H,9,16-18,20-32,36-37H2,1-8,10-14H3/t39-,40-,49+,56+,57-,58+,60+,63+,64-,65-/m1/s1. The van der Waals surface area contributed by atoms with Crippen molar-refractivity contribution in [3.8, 4) is 34.8 Å². The molecule has 0 unspecified atom stereocenters. The summed E-state index contributed by atoms with van der Waals surface area (Å²) in [6.07, 6.45) is 16.3. The van der Waals surface area contributed by atoms with E-state index in [1.807, 2.05) is 13.0 Å². The molecule has 0 bridgehead atoms. The number of ether oxygens (including phenoxy) is 5. The second kappa shape index (κ2) is 21.3. The van der Waals surface area contributed by atoms with Gasteiger partial charge in [0.25, 0.3) is 0 Å². The fourth-order valence-corrected chi connectivity index (χ4v) is 16.8. The number of piperidine rings is 1. The molecule has 10 atom stereocenters. The van der Waals surface area contributed by atoms with Crippen LogP contribution < -0.4 is 33.1 Å². The Hall–Kier alpha value is -4.86. The maximum atomic E-state index is 15.0. The number of amides is 1. The smallest absolute Gasteiger partial charge is 0.232 e. The van der Waals surface area contributed by atoms with Gasteiger partial charge in [-0.3, -0.25) is 9.10 Å². The summed E-state index contributed by atoms with van der Waals surface area (Å²) in [5.41, 5.74) is 11.4. The highest BCUT2D eigenvalue weighted by atomic mass is 32.2. The van der Waals surface area contributed by atoms with Gasteiger partial charge in [0.05, 0.1) is 57.0 Å². The molecule has 11 nitrogen and oxygen atoms in total. The van der Waals surface area contributed by atoms with Crippen LogP contribution in [0.1, 0.15) is 170 Å². The quantitative estimate of drug-likeness (QED) is 0.0909. The van der Waals surface area contributed by atoms with Gasteiger partial charge in [0, 0.05) is 53.3 Å². The minimum atomic E-state index is -3.55. The molecule has 1 saturated carbocycles. The lowest BCUT2D eigenvalue weighted by Crippen LogP contribution is -2.67. The van der Waals surface area contributed by atoms with Gasteiger partial charge >= 0.3 is 0 Å². The minimum Gasteiger partial charge on any atom is -0.493 e. The molecule has 4 fully saturated rings. The van der Waals surface area contributed by atoms with Crippen LogP contribution in [-0.4, -0.2) is 84.4 Å². The van der Waals surface area contributed by atoms with E-state index in [4.69, 9.17) is 30.3 Å². The second-order valence-electron chi connectivity index (χ2n) is 25.4. The summed E-state index contributed by atoms with van der Waals surface area (Å²) in [7, 11) is -0.239. The van der Waals surface area contributed by atoms with Crippen molar-refractivity contribution in [2.75, 3.05) is 54.3 Å². The molecule has 1 spiro atoms. The average Bonchev–Trinajstić information content (AvgIpc) is 4.27. The maximum absolute atomic E-state index is 15.0. The van der Waals surface area contributed by atoms with Gasteiger partial charge in [0.1, 0.15) is 23.2 Å². The monoisotopic (exact) mass is 1070 g/mol. The van der Waals surface area contributed by atoms with Gasteiger partial charge in [-0.15, -0.1) is 5.92 Å². The van der Waals surface area contributed by atoms with Crippen molar-refractivity contribution in [2.24, 2.45) is 29.6 Å². The summed E-state index contributed by atoms with van der Waals surface area (Å²) in [4.78, 5) is 19.6. The van der Waals surface area contributed by atoms with Crippen molar-refractivity contribution in [3.63, 3.8) is 0 Å². The molecule has 3 aromatic carbocycles. The molecule has 1 aliphatic carbocycles. The number of rotatable bonds is 18. The lowest BCUT2D eigenvalue weighted by Gasteiger charge is -2.56. The lowest BCUT2D eigenvalue weighted by atomic mass is 9.54. The van der Waals surface area contributed by atoms with Crippen LogP contribution in [0.25, 0.3) is 0 Å². The van der Waals surface area contributed by atoms with Gasteiger partial charge in [0.15, 0.2) is 11.5 Å². The molecule has 3 saturated heterocycles. The van der Waals surface area contributed by atoms with E-state index in [0.717, 1.165) is 117 Å². The third-order valence-corrected chi connectivity index (χ3v) is 21.3. The fraction of sp³-hybridized carbons (Fsp3) is 0.646. The Morgan fingerprint density at radius 2 is 1.52 bits per heavy atom. The van der Waals surface area contributed by atoms with Gasteiger partial charge in [-0.1, -0.05) is 85.1 Å². The summed E-state index contributed by atoms with van der Waals surface area (Å²) in [6, 6.07) is 5.86. The first-order valence-corrected chi connectivity index (χ1v) is 31.2. The van der Waals surface area contributed by atoms with E-state index in [9.17, 15) is 13.2 Å². The normalized spacial score (nSPS) is 27.7. The number of fused-ring (bicyclic) bond motifs is 4. The molecule has 10 rings (SSSR count). The molecule has 12 heteroatoms. The van der Waals surface area contributed by atoms with Crippen molar-refractivity contribution >= 4 is 33.0 Å². The van der Waals surface area contributed by atoms with Crippen LogP contribution in [0, 0.1) is 69.1 Å². The third kappa shape index (κ3) is 9.61. The minimum absolute atomic E-state index is 0.0360. The Bertz CT molecular complexity index is 2990. The number of anilines is 3. The highest BCUT2D eigenvalue weighted by molar-refractivity contribution is 7.92. The number of benzene rings is 3. The molecule has 418 valence electrons. The topological polar surface area (TPSA) is 107 Å². The zero-order valence-corrected chi connectivity index (χ0v) is 49.7. The highest BCUT2D eigenvalue weighted by Gasteiger charge is 2.70. The average molecular weight is 1070 g/mol. The number of carbonyl (C=O) groups excluding carboxylic acids is 1. The Morgan fingerprint density at radius 1 is 0.831 bits per heavy atom. The molecule has 6 aliphatic heterocycles. The van der Waals surface area contributed by atoms with Crippen molar-refractivity contribution in [2.45, 2.75) is 201 Å². The van der Waals surface area contributed by atoms with Crippen LogP contribution in [0.15, 0.2) is 30.4 Å². The fourth-order valence-electron chi connectivity index (χ4n) is 15.8. The first kappa shape index (κ1) is 55.5. The van der Waals surface area contributed by atoms with Crippen LogP contribution in [0.5, 0.6) is 23.0 Å². The van der Waals surface area contributed by atoms with Gasteiger partial charge in [-0.2, -0.15) is 0 Å². The maximum Gasteiger partial charge on any atom is 0.232 e. The molecule has 7 aliphatic rings. The predicted molar refractivity (Wildman–Crippen MR) is 310 cm³/mol. The van der Waals surface area contributed by atoms with E-state index >= 15 is 0 Å². The largest absolute Gasteiger partial charge is 0.493 e. The third-order valence-electron chi connectivity index (χ3n) is 20.1. The molecule has 6 heterocycles. The van der Waals surface area contributed by atoms with E-state index in [1.54, 1.807) is 18.5 Å². The van der Waals surface area contributed by atoms with Gasteiger partial charge in [-0.25, -0.2) is 8.42 Å². The molecule has 1 amide bonds. The molecular weight excluding hydrogens is 983 g/mol. The number of methoxy groups -OCH3 is 2. The number of nitrogens with zero attached hydrogens (tertiary/aromatic N) is 3. The van der Waals surface area contributed by atoms with Gasteiger partial charge in [-0.05, 0) is 161 Å². The van der Waals surface area contributed by atoms with Crippen molar-refractivity contribution in [3.05, 3.63) is 74.9 Å². The number of sulfonamides is 1. The predicted octanol–water partition coefficient (Wildman–Crippen LogP) is 12.8. The SMILES string of the molecule is C=C1[C@H](Oc2c(C)c(C)c3c(c2C)CC[C@@](C)(CCC[C@H](C)CCC[C@H](C)CCCC(C)C)O3)CO[C@H]2CC(=O)N3c4cc(OC)c(OC)cc4[C@]45CCN(c6cc7c(c(C#CC)c6C)CCN7S(C)(=O)=O)[C@H]4C[C@@H]1[C@@H]2[C@H]35. The number of hydrogen-bond donors (Lipinski definition) is 0.